The van der Waals surface area contributed by atoms with Crippen molar-refractivity contribution in [2.45, 2.75) is 32.6 Å². The Balaban J connectivity index is 1.46. The van der Waals surface area contributed by atoms with Crippen molar-refractivity contribution >= 4 is 23.2 Å². The van der Waals surface area contributed by atoms with Gasteiger partial charge in [0.05, 0.1) is 0 Å². The Hall–Kier alpha value is -3.60. The van der Waals surface area contributed by atoms with Gasteiger partial charge in [0.15, 0.2) is 6.61 Å². The molecule has 3 aromatic rings. The number of benzene rings is 3. The number of hydrogen-bond acceptors (Lipinski definition) is 3. The maximum absolute atomic E-state index is 12.2. The standard InChI is InChI=1S/C26H28N2O3/c1-19(2)21-12-14-24(15-13-21)31-18-26(30)28-23-10-6-9-22(17-23)27-25(29)16-11-20-7-4-3-5-8-20/h3-10,12-15,17,19H,11,16,18H2,1-2H3,(H,27,29)(H,28,30). The van der Waals surface area contributed by atoms with Gasteiger partial charge in [0.2, 0.25) is 5.91 Å². The number of nitrogens with one attached hydrogen (secondary N) is 2. The zero-order valence-corrected chi connectivity index (χ0v) is 17.9. The van der Waals surface area contributed by atoms with Gasteiger partial charge < -0.3 is 15.4 Å². The van der Waals surface area contributed by atoms with Crippen LogP contribution in [0, 0.1) is 0 Å². The van der Waals surface area contributed by atoms with Gasteiger partial charge in [-0.05, 0) is 53.8 Å². The summed E-state index contributed by atoms with van der Waals surface area (Å²) >= 11 is 0. The first-order valence-electron chi connectivity index (χ1n) is 10.5. The van der Waals surface area contributed by atoms with Crippen LogP contribution in [0.1, 0.15) is 37.3 Å². The molecule has 160 valence electrons. The van der Waals surface area contributed by atoms with Crippen molar-refractivity contribution in [1.29, 1.82) is 0 Å². The van der Waals surface area contributed by atoms with Gasteiger partial charge in [-0.1, -0.05) is 62.4 Å². The molecule has 0 aliphatic heterocycles. The molecule has 31 heavy (non-hydrogen) atoms. The fraction of sp³-hybridized carbons (Fsp3) is 0.231. The number of carbonyl (C=O) groups is 2. The van der Waals surface area contributed by atoms with E-state index in [-0.39, 0.29) is 18.4 Å². The van der Waals surface area contributed by atoms with Gasteiger partial charge in [-0.15, -0.1) is 0 Å². The predicted octanol–water partition coefficient (Wildman–Crippen LogP) is 5.40. The number of hydrogen-bond donors (Lipinski definition) is 2. The second-order valence-electron chi connectivity index (χ2n) is 7.68. The summed E-state index contributed by atoms with van der Waals surface area (Å²) in [4.78, 5) is 24.5. The molecule has 0 radical (unpaired) electrons. The van der Waals surface area contributed by atoms with E-state index in [0.717, 1.165) is 5.56 Å². The normalized spacial score (nSPS) is 10.5. The summed E-state index contributed by atoms with van der Waals surface area (Å²) in [5.74, 6) is 0.767. The molecule has 0 atom stereocenters. The number of ether oxygens (including phenoxy) is 1. The summed E-state index contributed by atoms with van der Waals surface area (Å²) in [6.07, 6.45) is 1.07. The molecule has 0 aromatic heterocycles. The Bertz CT molecular complexity index is 999. The Morgan fingerprint density at radius 2 is 1.45 bits per heavy atom. The van der Waals surface area contributed by atoms with Gasteiger partial charge in [-0.2, -0.15) is 0 Å². The van der Waals surface area contributed by atoms with Crippen LogP contribution in [-0.2, 0) is 16.0 Å². The highest BCUT2D eigenvalue weighted by molar-refractivity contribution is 5.94. The Kier molecular flexibility index (Phi) is 7.82. The highest BCUT2D eigenvalue weighted by atomic mass is 16.5. The van der Waals surface area contributed by atoms with Crippen LogP contribution in [0.15, 0.2) is 78.9 Å². The summed E-state index contributed by atoms with van der Waals surface area (Å²) in [6.45, 7) is 4.17. The van der Waals surface area contributed by atoms with Crippen molar-refractivity contribution in [3.05, 3.63) is 90.0 Å². The molecule has 2 N–H and O–H groups in total. The lowest BCUT2D eigenvalue weighted by atomic mass is 10.0. The molecule has 0 fully saturated rings. The Morgan fingerprint density at radius 3 is 2.10 bits per heavy atom. The van der Waals surface area contributed by atoms with E-state index in [1.165, 1.54) is 5.56 Å². The van der Waals surface area contributed by atoms with E-state index in [1.54, 1.807) is 24.3 Å². The Labute approximate surface area is 183 Å². The van der Waals surface area contributed by atoms with Crippen LogP contribution in [-0.4, -0.2) is 18.4 Å². The molecule has 0 saturated carbocycles. The second kappa shape index (κ2) is 11.0. The van der Waals surface area contributed by atoms with Crippen LogP contribution < -0.4 is 15.4 Å². The van der Waals surface area contributed by atoms with E-state index >= 15 is 0 Å². The fourth-order valence-corrected chi connectivity index (χ4v) is 3.10. The monoisotopic (exact) mass is 416 g/mol. The zero-order valence-electron chi connectivity index (χ0n) is 17.9. The average Bonchev–Trinajstić information content (AvgIpc) is 2.77. The molecule has 5 heteroatoms. The molecule has 0 saturated heterocycles. The molecule has 3 aromatic carbocycles. The van der Waals surface area contributed by atoms with Crippen molar-refractivity contribution in [2.24, 2.45) is 0 Å². The van der Waals surface area contributed by atoms with Gasteiger partial charge in [-0.25, -0.2) is 0 Å². The quantitative estimate of drug-likeness (QED) is 0.491. The summed E-state index contributed by atoms with van der Waals surface area (Å²) in [5, 5.41) is 5.67. The lowest BCUT2D eigenvalue weighted by molar-refractivity contribution is -0.118. The van der Waals surface area contributed by atoms with E-state index in [2.05, 4.69) is 24.5 Å². The molecular weight excluding hydrogens is 388 g/mol. The van der Waals surface area contributed by atoms with Crippen LogP contribution in [0.3, 0.4) is 0 Å². The molecule has 0 aliphatic rings. The molecule has 0 heterocycles. The van der Waals surface area contributed by atoms with E-state index in [0.29, 0.717) is 35.9 Å². The van der Waals surface area contributed by atoms with Crippen molar-refractivity contribution in [3.8, 4) is 5.75 Å². The molecule has 3 rings (SSSR count). The molecule has 5 nitrogen and oxygen atoms in total. The van der Waals surface area contributed by atoms with Gasteiger partial charge in [0.25, 0.3) is 5.91 Å². The van der Waals surface area contributed by atoms with Crippen molar-refractivity contribution in [1.82, 2.24) is 0 Å². The molecule has 0 bridgehead atoms. The minimum absolute atomic E-state index is 0.0690. The molecule has 0 unspecified atom stereocenters. The molecule has 2 amide bonds. The predicted molar refractivity (Wildman–Crippen MR) is 124 cm³/mol. The number of anilines is 2. The third kappa shape index (κ3) is 7.30. The van der Waals surface area contributed by atoms with E-state index < -0.39 is 0 Å². The average molecular weight is 417 g/mol. The summed E-state index contributed by atoms with van der Waals surface area (Å²) in [5.41, 5.74) is 3.59. The smallest absolute Gasteiger partial charge is 0.262 e. The summed E-state index contributed by atoms with van der Waals surface area (Å²) in [7, 11) is 0. The van der Waals surface area contributed by atoms with E-state index in [9.17, 15) is 9.59 Å². The van der Waals surface area contributed by atoms with Crippen LogP contribution in [0.25, 0.3) is 0 Å². The van der Waals surface area contributed by atoms with Crippen LogP contribution in [0.2, 0.25) is 0 Å². The van der Waals surface area contributed by atoms with Gasteiger partial charge in [0.1, 0.15) is 5.75 Å². The van der Waals surface area contributed by atoms with E-state index in [4.69, 9.17) is 4.74 Å². The topological polar surface area (TPSA) is 67.4 Å². The maximum atomic E-state index is 12.2. The zero-order chi connectivity index (χ0) is 22.1. The number of amides is 2. The van der Waals surface area contributed by atoms with Crippen molar-refractivity contribution in [3.63, 3.8) is 0 Å². The summed E-state index contributed by atoms with van der Waals surface area (Å²) in [6, 6.07) is 24.7. The highest BCUT2D eigenvalue weighted by Gasteiger charge is 2.07. The van der Waals surface area contributed by atoms with Crippen LogP contribution >= 0.6 is 0 Å². The minimum atomic E-state index is -0.263. The Morgan fingerprint density at radius 1 is 0.806 bits per heavy atom. The summed E-state index contributed by atoms with van der Waals surface area (Å²) < 4.78 is 5.56. The van der Waals surface area contributed by atoms with Crippen molar-refractivity contribution < 1.29 is 14.3 Å². The largest absolute Gasteiger partial charge is 0.484 e. The first-order chi connectivity index (χ1) is 15.0. The van der Waals surface area contributed by atoms with Gasteiger partial charge in [0, 0.05) is 17.8 Å². The minimum Gasteiger partial charge on any atom is -0.484 e. The highest BCUT2D eigenvalue weighted by Crippen LogP contribution is 2.19. The van der Waals surface area contributed by atoms with Gasteiger partial charge in [-0.3, -0.25) is 9.59 Å². The lowest BCUT2D eigenvalue weighted by Crippen LogP contribution is -2.20. The second-order valence-corrected chi connectivity index (χ2v) is 7.68. The maximum Gasteiger partial charge on any atom is 0.262 e. The molecule has 0 spiro atoms. The SMILES string of the molecule is CC(C)c1ccc(OCC(=O)Nc2cccc(NC(=O)CCc3ccccc3)c2)cc1. The van der Waals surface area contributed by atoms with Gasteiger partial charge >= 0.3 is 0 Å². The van der Waals surface area contributed by atoms with Crippen molar-refractivity contribution in [2.75, 3.05) is 17.2 Å². The molecule has 0 aliphatic carbocycles. The lowest BCUT2D eigenvalue weighted by Gasteiger charge is -2.11. The third-order valence-corrected chi connectivity index (χ3v) is 4.83. The number of rotatable bonds is 9. The van der Waals surface area contributed by atoms with Crippen LogP contribution in [0.5, 0.6) is 5.75 Å². The van der Waals surface area contributed by atoms with Crippen LogP contribution in [0.4, 0.5) is 11.4 Å². The third-order valence-electron chi connectivity index (χ3n) is 4.83. The first-order valence-corrected chi connectivity index (χ1v) is 10.5. The number of carbonyl (C=O) groups excluding carboxylic acids is 2. The molecular formula is C26H28N2O3. The fourth-order valence-electron chi connectivity index (χ4n) is 3.10. The van der Waals surface area contributed by atoms with E-state index in [1.807, 2.05) is 54.6 Å². The first kappa shape index (κ1) is 22.1. The number of aryl methyl sites for hydroxylation is 1.